The monoisotopic (exact) mass is 632 g/mol. The number of hydrogen-bond donors (Lipinski definition) is 0. The Morgan fingerprint density at radius 2 is 1.82 bits per heavy atom. The first kappa shape index (κ1) is 31.8. The summed E-state index contributed by atoms with van der Waals surface area (Å²) in [6.45, 7) is 7.07. The number of carbonyl (C=O) groups is 3. The van der Waals surface area contributed by atoms with Gasteiger partial charge in [-0.2, -0.15) is 8.42 Å². The first-order valence-corrected chi connectivity index (χ1v) is 16.2. The van der Waals surface area contributed by atoms with Crippen LogP contribution >= 0.6 is 0 Å². The molecule has 2 aromatic rings. The molecule has 3 fully saturated rings. The zero-order valence-electron chi connectivity index (χ0n) is 25.9. The van der Waals surface area contributed by atoms with Gasteiger partial charge in [0.25, 0.3) is 5.91 Å². The fourth-order valence-electron chi connectivity index (χ4n) is 5.34. The quantitative estimate of drug-likeness (QED) is 0.396. The number of imide groups is 1. The number of ether oxygens (including phenoxy) is 3. The van der Waals surface area contributed by atoms with Crippen molar-refractivity contribution in [1.82, 2.24) is 19.1 Å². The molecule has 14 heteroatoms. The van der Waals surface area contributed by atoms with Crippen LogP contribution in [0.2, 0.25) is 0 Å². The van der Waals surface area contributed by atoms with Gasteiger partial charge in [-0.3, -0.25) is 18.8 Å². The van der Waals surface area contributed by atoms with Crippen LogP contribution in [0.25, 0.3) is 10.8 Å². The summed E-state index contributed by atoms with van der Waals surface area (Å²) >= 11 is 0. The van der Waals surface area contributed by atoms with E-state index in [2.05, 4.69) is 4.98 Å². The third-order valence-electron chi connectivity index (χ3n) is 7.96. The molecule has 240 valence electrons. The largest absolute Gasteiger partial charge is 0.497 e. The molecule has 1 saturated heterocycles. The first-order valence-electron chi connectivity index (χ1n) is 14.9. The average Bonchev–Trinajstić information content (AvgIpc) is 3.89. The van der Waals surface area contributed by atoms with Crippen LogP contribution in [0, 0.1) is 5.92 Å². The van der Waals surface area contributed by atoms with Crippen LogP contribution in [0.1, 0.15) is 59.8 Å². The first-order chi connectivity index (χ1) is 20.7. The number of likely N-dealkylation sites (tertiary alicyclic amines) is 1. The lowest BCUT2D eigenvalue weighted by molar-refractivity contribution is -0.133. The topological polar surface area (TPSA) is 145 Å². The van der Waals surface area contributed by atoms with Crippen LogP contribution in [-0.2, 0) is 24.0 Å². The lowest BCUT2D eigenvalue weighted by Crippen LogP contribution is -2.55. The van der Waals surface area contributed by atoms with E-state index in [-0.39, 0.29) is 18.9 Å². The van der Waals surface area contributed by atoms with Crippen LogP contribution in [0.4, 0.5) is 9.59 Å². The molecule has 0 radical (unpaired) electrons. The molecule has 3 aliphatic rings. The van der Waals surface area contributed by atoms with E-state index in [1.165, 1.54) is 4.90 Å². The smallest absolute Gasteiger partial charge is 0.411 e. The van der Waals surface area contributed by atoms with E-state index in [1.54, 1.807) is 40.1 Å². The van der Waals surface area contributed by atoms with Gasteiger partial charge in [-0.15, -0.1) is 0 Å². The Morgan fingerprint density at radius 3 is 2.43 bits per heavy atom. The number of hydrogen-bond acceptors (Lipinski definition) is 10. The summed E-state index contributed by atoms with van der Waals surface area (Å²) in [6.07, 6.45) is 2.14. The molecule has 1 aliphatic heterocycles. The van der Waals surface area contributed by atoms with Gasteiger partial charge < -0.3 is 14.2 Å². The SMILES string of the molecule is CCC1CC1N(C(=O)C1CC(Oc2nccc3cc(OC)ccc23)CN1C(=O)OC(C)(C)C)C(=O)N(C)S(=O)(=O)OC1CC1. The van der Waals surface area contributed by atoms with Gasteiger partial charge in [0.05, 0.1) is 19.8 Å². The number of methoxy groups -OCH3 is 1. The van der Waals surface area contributed by atoms with Gasteiger partial charge >= 0.3 is 22.4 Å². The highest BCUT2D eigenvalue weighted by Gasteiger charge is 2.53. The molecule has 0 bridgehead atoms. The van der Waals surface area contributed by atoms with E-state index in [0.29, 0.717) is 41.6 Å². The lowest BCUT2D eigenvalue weighted by atomic mass is 10.1. The van der Waals surface area contributed by atoms with Crippen molar-refractivity contribution in [1.29, 1.82) is 0 Å². The fourth-order valence-corrected chi connectivity index (χ4v) is 6.29. The van der Waals surface area contributed by atoms with Crippen molar-refractivity contribution in [3.63, 3.8) is 0 Å². The van der Waals surface area contributed by atoms with Gasteiger partial charge in [-0.05, 0) is 75.6 Å². The number of carbonyl (C=O) groups excluding carboxylic acids is 3. The highest BCUT2D eigenvalue weighted by Crippen LogP contribution is 2.41. The normalized spacial score (nSPS) is 23.3. The number of aromatic nitrogens is 1. The van der Waals surface area contributed by atoms with Crippen LogP contribution in [0.5, 0.6) is 11.6 Å². The Bertz CT molecular complexity index is 1540. The van der Waals surface area contributed by atoms with Gasteiger partial charge in [-0.25, -0.2) is 18.9 Å². The van der Waals surface area contributed by atoms with Gasteiger partial charge in [0.2, 0.25) is 5.88 Å². The van der Waals surface area contributed by atoms with Gasteiger partial charge in [0.1, 0.15) is 23.5 Å². The number of urea groups is 1. The molecular weight excluding hydrogens is 592 g/mol. The Hall–Kier alpha value is -3.65. The number of benzene rings is 1. The minimum Gasteiger partial charge on any atom is -0.497 e. The van der Waals surface area contributed by atoms with E-state index in [1.807, 2.05) is 25.1 Å². The van der Waals surface area contributed by atoms with Crippen molar-refractivity contribution in [2.75, 3.05) is 20.7 Å². The number of amides is 4. The fraction of sp³-hybridized carbons (Fsp3) is 0.600. The maximum Gasteiger partial charge on any atom is 0.411 e. The summed E-state index contributed by atoms with van der Waals surface area (Å²) in [7, 11) is -1.76. The molecule has 0 N–H and O–H groups in total. The van der Waals surface area contributed by atoms with E-state index < -0.39 is 58.2 Å². The molecule has 2 aliphatic carbocycles. The second-order valence-corrected chi connectivity index (χ2v) is 14.1. The number of nitrogens with zero attached hydrogens (tertiary/aromatic N) is 4. The highest BCUT2D eigenvalue weighted by atomic mass is 32.2. The number of rotatable bonds is 9. The third-order valence-corrected chi connectivity index (χ3v) is 9.30. The Labute approximate surface area is 257 Å². The highest BCUT2D eigenvalue weighted by molar-refractivity contribution is 7.84. The molecule has 4 atom stereocenters. The van der Waals surface area contributed by atoms with Crippen molar-refractivity contribution in [2.24, 2.45) is 5.92 Å². The molecule has 4 unspecified atom stereocenters. The Kier molecular flexibility index (Phi) is 8.69. The molecule has 2 heterocycles. The van der Waals surface area contributed by atoms with Crippen LogP contribution in [0.3, 0.4) is 0 Å². The van der Waals surface area contributed by atoms with Crippen molar-refractivity contribution >= 4 is 39.1 Å². The minimum absolute atomic E-state index is 0.0115. The third kappa shape index (κ3) is 6.85. The zero-order chi connectivity index (χ0) is 32.0. The van der Waals surface area contributed by atoms with Crippen LogP contribution in [-0.4, -0.2) is 96.1 Å². The molecular formula is C30H40N4O9S. The van der Waals surface area contributed by atoms with E-state index in [9.17, 15) is 22.8 Å². The molecule has 4 amide bonds. The molecule has 44 heavy (non-hydrogen) atoms. The summed E-state index contributed by atoms with van der Waals surface area (Å²) in [5.41, 5.74) is -0.854. The minimum atomic E-state index is -4.42. The van der Waals surface area contributed by atoms with Crippen molar-refractivity contribution in [3.8, 4) is 11.6 Å². The summed E-state index contributed by atoms with van der Waals surface area (Å²) in [5.74, 6) is 0.305. The predicted octanol–water partition coefficient (Wildman–Crippen LogP) is 4.10. The lowest BCUT2D eigenvalue weighted by Gasteiger charge is -2.32. The van der Waals surface area contributed by atoms with Crippen LogP contribution in [0.15, 0.2) is 30.5 Å². The second-order valence-electron chi connectivity index (χ2n) is 12.5. The van der Waals surface area contributed by atoms with E-state index in [4.69, 9.17) is 18.4 Å². The second kappa shape index (κ2) is 12.0. The summed E-state index contributed by atoms with van der Waals surface area (Å²) < 4.78 is 48.5. The van der Waals surface area contributed by atoms with Gasteiger partial charge in [0, 0.05) is 31.1 Å². The molecule has 0 spiro atoms. The maximum atomic E-state index is 14.3. The van der Waals surface area contributed by atoms with E-state index >= 15 is 0 Å². The van der Waals surface area contributed by atoms with Crippen LogP contribution < -0.4 is 9.47 Å². The molecule has 2 saturated carbocycles. The molecule has 1 aromatic carbocycles. The predicted molar refractivity (Wildman–Crippen MR) is 159 cm³/mol. The summed E-state index contributed by atoms with van der Waals surface area (Å²) in [5, 5.41) is 1.55. The molecule has 13 nitrogen and oxygen atoms in total. The summed E-state index contributed by atoms with van der Waals surface area (Å²) in [6, 6.07) is 4.60. The number of fused-ring (bicyclic) bond motifs is 1. The molecule has 1 aromatic heterocycles. The zero-order valence-corrected chi connectivity index (χ0v) is 26.7. The number of pyridine rings is 1. The Balaban J connectivity index is 1.43. The van der Waals surface area contributed by atoms with Crippen molar-refractivity contribution in [3.05, 3.63) is 30.5 Å². The van der Waals surface area contributed by atoms with Crippen molar-refractivity contribution in [2.45, 2.75) is 89.7 Å². The maximum absolute atomic E-state index is 14.3. The van der Waals surface area contributed by atoms with Gasteiger partial charge in [0.15, 0.2) is 0 Å². The standard InChI is InChI=1S/C30H40N4O9S/c1-7-18-15-24(18)34(28(36)32(5)44(38,39)43-20-8-9-20)27(35)25-16-22(17-33(25)29(37)42-30(2,3)4)41-26-23-11-10-21(40-6)14-19(23)12-13-31-26/h10-14,18,20,22,24-25H,7-9,15-17H2,1-6H3. The van der Waals surface area contributed by atoms with Crippen molar-refractivity contribution < 1.29 is 41.2 Å². The Morgan fingerprint density at radius 1 is 1.09 bits per heavy atom. The summed E-state index contributed by atoms with van der Waals surface area (Å²) in [4.78, 5) is 48.0. The molecule has 5 rings (SSSR count). The van der Waals surface area contributed by atoms with Gasteiger partial charge in [-0.1, -0.05) is 13.3 Å². The van der Waals surface area contributed by atoms with E-state index in [0.717, 1.165) is 22.7 Å². The average molecular weight is 633 g/mol.